The maximum Gasteiger partial charge on any atom is 0.248 e. The van der Waals surface area contributed by atoms with Crippen molar-refractivity contribution >= 4 is 41.5 Å². The summed E-state index contributed by atoms with van der Waals surface area (Å²) in [4.78, 5) is 15.6. The molecule has 0 atom stereocenters. The van der Waals surface area contributed by atoms with Crippen LogP contribution in [0.2, 0.25) is 0 Å². The number of nitrogens with two attached hydrogens (primary N) is 2. The molecule has 0 unspecified atom stereocenters. The number of aryl methyl sites for hydroxylation is 1. The Morgan fingerprint density at radius 1 is 1.08 bits per heavy atom. The highest BCUT2D eigenvalue weighted by atomic mass is 127. The SMILES string of the molecule is I.NC(=O)c1cccc(CN=C(N)Nc2cccc3c2CCCC3)c1. The molecule has 1 amide bonds. The first-order valence-electron chi connectivity index (χ1n) is 8.20. The van der Waals surface area contributed by atoms with Gasteiger partial charge in [-0.2, -0.15) is 0 Å². The molecule has 1 aliphatic carbocycles. The van der Waals surface area contributed by atoms with Gasteiger partial charge in [0.2, 0.25) is 5.91 Å². The summed E-state index contributed by atoms with van der Waals surface area (Å²) in [6.07, 6.45) is 4.66. The average molecular weight is 450 g/mol. The number of carbonyl (C=O) groups is 1. The van der Waals surface area contributed by atoms with Gasteiger partial charge in [0.15, 0.2) is 5.96 Å². The van der Waals surface area contributed by atoms with Gasteiger partial charge in [-0.15, -0.1) is 24.0 Å². The Morgan fingerprint density at radius 3 is 2.64 bits per heavy atom. The number of rotatable bonds is 4. The lowest BCUT2D eigenvalue weighted by Crippen LogP contribution is -2.24. The number of nitrogens with zero attached hydrogens (tertiary/aromatic N) is 1. The van der Waals surface area contributed by atoms with Gasteiger partial charge in [-0.3, -0.25) is 4.79 Å². The van der Waals surface area contributed by atoms with Crippen LogP contribution >= 0.6 is 24.0 Å². The molecule has 25 heavy (non-hydrogen) atoms. The van der Waals surface area contributed by atoms with Crippen LogP contribution in [0.5, 0.6) is 0 Å². The predicted octanol–water partition coefficient (Wildman–Crippen LogP) is 3.21. The second-order valence-corrected chi connectivity index (χ2v) is 6.04. The first-order valence-corrected chi connectivity index (χ1v) is 8.20. The number of fused-ring (bicyclic) bond motifs is 1. The van der Waals surface area contributed by atoms with E-state index in [0.29, 0.717) is 18.1 Å². The van der Waals surface area contributed by atoms with Crippen LogP contribution in [0, 0.1) is 0 Å². The normalized spacial score (nSPS) is 13.5. The molecule has 0 aliphatic heterocycles. The number of primary amides is 1. The quantitative estimate of drug-likeness (QED) is 0.380. The molecule has 2 aromatic carbocycles. The zero-order chi connectivity index (χ0) is 16.9. The Hall–Kier alpha value is -2.09. The van der Waals surface area contributed by atoms with Gasteiger partial charge >= 0.3 is 0 Å². The lowest BCUT2D eigenvalue weighted by atomic mass is 9.90. The van der Waals surface area contributed by atoms with Gasteiger partial charge in [0.1, 0.15) is 0 Å². The molecule has 0 bridgehead atoms. The van der Waals surface area contributed by atoms with E-state index < -0.39 is 5.91 Å². The van der Waals surface area contributed by atoms with E-state index in [-0.39, 0.29) is 24.0 Å². The molecular weight excluding hydrogens is 427 g/mol. The summed E-state index contributed by atoms with van der Waals surface area (Å²) in [7, 11) is 0. The molecule has 0 fully saturated rings. The Labute approximate surface area is 164 Å². The van der Waals surface area contributed by atoms with Gasteiger partial charge in [0.05, 0.1) is 6.54 Å². The van der Waals surface area contributed by atoms with E-state index in [9.17, 15) is 4.79 Å². The number of benzene rings is 2. The second-order valence-electron chi connectivity index (χ2n) is 6.04. The average Bonchev–Trinajstić information content (AvgIpc) is 2.60. The van der Waals surface area contributed by atoms with Gasteiger partial charge < -0.3 is 16.8 Å². The van der Waals surface area contributed by atoms with Crippen LogP contribution in [0.1, 0.15) is 39.9 Å². The highest BCUT2D eigenvalue weighted by Crippen LogP contribution is 2.27. The van der Waals surface area contributed by atoms with Crippen molar-refractivity contribution in [1.29, 1.82) is 0 Å². The fourth-order valence-electron chi connectivity index (χ4n) is 3.08. The summed E-state index contributed by atoms with van der Waals surface area (Å²) >= 11 is 0. The highest BCUT2D eigenvalue weighted by Gasteiger charge is 2.13. The minimum atomic E-state index is -0.442. The van der Waals surface area contributed by atoms with Crippen molar-refractivity contribution in [2.24, 2.45) is 16.5 Å². The predicted molar refractivity (Wildman–Crippen MR) is 112 cm³/mol. The van der Waals surface area contributed by atoms with Crippen LogP contribution in [0.15, 0.2) is 47.5 Å². The van der Waals surface area contributed by atoms with Crippen LogP contribution in [0.3, 0.4) is 0 Å². The van der Waals surface area contributed by atoms with E-state index in [1.165, 1.54) is 24.0 Å². The van der Waals surface area contributed by atoms with Crippen molar-refractivity contribution in [2.75, 3.05) is 5.32 Å². The van der Waals surface area contributed by atoms with Crippen LogP contribution in [-0.4, -0.2) is 11.9 Å². The number of guanidine groups is 1. The third-order valence-corrected chi connectivity index (χ3v) is 4.30. The van der Waals surface area contributed by atoms with E-state index in [2.05, 4.69) is 22.4 Å². The number of hydrogen-bond acceptors (Lipinski definition) is 2. The van der Waals surface area contributed by atoms with Crippen LogP contribution in [-0.2, 0) is 19.4 Å². The molecule has 0 aromatic heterocycles. The summed E-state index contributed by atoms with van der Waals surface area (Å²) in [5.41, 5.74) is 16.5. The molecule has 3 rings (SSSR count). The van der Waals surface area contributed by atoms with Gasteiger partial charge in [-0.1, -0.05) is 24.3 Å². The number of hydrogen-bond donors (Lipinski definition) is 3. The molecule has 132 valence electrons. The lowest BCUT2D eigenvalue weighted by Gasteiger charge is -2.19. The fourth-order valence-corrected chi connectivity index (χ4v) is 3.08. The lowest BCUT2D eigenvalue weighted by molar-refractivity contribution is 0.1000. The van der Waals surface area contributed by atoms with Crippen molar-refractivity contribution in [3.63, 3.8) is 0 Å². The van der Waals surface area contributed by atoms with E-state index in [0.717, 1.165) is 24.1 Å². The monoisotopic (exact) mass is 450 g/mol. The third-order valence-electron chi connectivity index (χ3n) is 4.30. The molecule has 1 aliphatic rings. The zero-order valence-corrected chi connectivity index (χ0v) is 16.3. The first-order chi connectivity index (χ1) is 11.6. The number of aliphatic imine (C=N–C) groups is 1. The van der Waals surface area contributed by atoms with Gasteiger partial charge in [0.25, 0.3) is 0 Å². The topological polar surface area (TPSA) is 93.5 Å². The summed E-state index contributed by atoms with van der Waals surface area (Å²) in [6.45, 7) is 0.398. The minimum Gasteiger partial charge on any atom is -0.370 e. The van der Waals surface area contributed by atoms with Crippen molar-refractivity contribution in [3.8, 4) is 0 Å². The molecular formula is C19H23IN4O. The van der Waals surface area contributed by atoms with Crippen molar-refractivity contribution in [2.45, 2.75) is 32.2 Å². The molecule has 2 aromatic rings. The van der Waals surface area contributed by atoms with Crippen molar-refractivity contribution < 1.29 is 4.79 Å². The van der Waals surface area contributed by atoms with Gasteiger partial charge in [-0.25, -0.2) is 4.99 Å². The summed E-state index contributed by atoms with van der Waals surface area (Å²) in [6, 6.07) is 13.4. The summed E-state index contributed by atoms with van der Waals surface area (Å²) in [5, 5.41) is 3.21. The third kappa shape index (κ3) is 4.94. The maximum absolute atomic E-state index is 11.2. The fraction of sp³-hybridized carbons (Fsp3) is 0.263. The molecule has 6 heteroatoms. The smallest absolute Gasteiger partial charge is 0.248 e. The number of halogens is 1. The van der Waals surface area contributed by atoms with Gasteiger partial charge in [-0.05, 0) is 60.6 Å². The molecule has 0 spiro atoms. The standard InChI is InChI=1S/C19H22N4O.HI/c20-18(24)15-8-3-5-13(11-15)12-22-19(21)23-17-10-4-7-14-6-1-2-9-16(14)17;/h3-5,7-8,10-11H,1-2,6,9,12H2,(H2,20,24)(H3,21,22,23);1H. The largest absolute Gasteiger partial charge is 0.370 e. The van der Waals surface area contributed by atoms with Crippen molar-refractivity contribution in [3.05, 3.63) is 64.7 Å². The Kier molecular flexibility index (Phi) is 6.81. The van der Waals surface area contributed by atoms with E-state index in [4.69, 9.17) is 11.5 Å². The Bertz CT molecular complexity index is 789. The number of amides is 1. The summed E-state index contributed by atoms with van der Waals surface area (Å²) < 4.78 is 0. The molecule has 0 saturated carbocycles. The van der Waals surface area contributed by atoms with Crippen LogP contribution in [0.25, 0.3) is 0 Å². The zero-order valence-electron chi connectivity index (χ0n) is 14.0. The highest BCUT2D eigenvalue weighted by molar-refractivity contribution is 14.0. The van der Waals surface area contributed by atoms with Crippen LogP contribution < -0.4 is 16.8 Å². The second kappa shape index (κ2) is 8.84. The number of nitrogens with one attached hydrogen (secondary N) is 1. The number of anilines is 1. The Morgan fingerprint density at radius 2 is 1.84 bits per heavy atom. The number of carbonyl (C=O) groups excluding carboxylic acids is 1. The van der Waals surface area contributed by atoms with E-state index in [1.807, 2.05) is 12.1 Å². The summed E-state index contributed by atoms with van der Waals surface area (Å²) in [5.74, 6) is -0.0682. The van der Waals surface area contributed by atoms with Crippen molar-refractivity contribution in [1.82, 2.24) is 0 Å². The van der Waals surface area contributed by atoms with E-state index >= 15 is 0 Å². The first kappa shape index (κ1) is 19.2. The van der Waals surface area contributed by atoms with Gasteiger partial charge in [0, 0.05) is 11.3 Å². The Balaban J connectivity index is 0.00000225. The minimum absolute atomic E-state index is 0. The van der Waals surface area contributed by atoms with Crippen LogP contribution in [0.4, 0.5) is 5.69 Å². The van der Waals surface area contributed by atoms with E-state index in [1.54, 1.807) is 18.2 Å². The molecule has 0 saturated heterocycles. The molecule has 5 nitrogen and oxygen atoms in total. The molecule has 0 heterocycles. The molecule has 5 N–H and O–H groups in total. The molecule has 0 radical (unpaired) electrons. The maximum atomic E-state index is 11.2.